The number of methoxy groups -OCH3 is 1. The standard InChI is InChI=1S/C23H27N5O4/c1-15-8-9-16-18(14-15)26-21(17-6-3-4-7-19(17)29)27-20(16)23(10-5-11-25-23)28(24)22(30)32-13-12-31-2/h3-4,6-9,14,25,29H,5,10-13,24H2,1-2H3/t23-/m1/s1. The summed E-state index contributed by atoms with van der Waals surface area (Å²) in [5.41, 5.74) is 1.70. The Labute approximate surface area is 186 Å². The average Bonchev–Trinajstić information content (AvgIpc) is 3.29. The van der Waals surface area contributed by atoms with E-state index in [-0.39, 0.29) is 19.0 Å². The number of amides is 1. The van der Waals surface area contributed by atoms with Gasteiger partial charge in [0.05, 0.1) is 23.4 Å². The Morgan fingerprint density at radius 1 is 1.25 bits per heavy atom. The maximum absolute atomic E-state index is 12.8. The largest absolute Gasteiger partial charge is 0.507 e. The number of hydrogen-bond acceptors (Lipinski definition) is 8. The minimum atomic E-state index is -1.08. The number of aromatic hydroxyl groups is 1. The molecule has 4 rings (SSSR count). The summed E-state index contributed by atoms with van der Waals surface area (Å²) in [7, 11) is 1.53. The van der Waals surface area contributed by atoms with Crippen LogP contribution in [0.2, 0.25) is 0 Å². The first-order chi connectivity index (χ1) is 15.5. The van der Waals surface area contributed by atoms with Crippen molar-refractivity contribution in [3.63, 3.8) is 0 Å². The van der Waals surface area contributed by atoms with Gasteiger partial charge in [0.1, 0.15) is 12.4 Å². The zero-order valence-corrected chi connectivity index (χ0v) is 18.2. The minimum absolute atomic E-state index is 0.0717. The van der Waals surface area contributed by atoms with Crippen LogP contribution in [0.5, 0.6) is 5.75 Å². The number of rotatable bonds is 6. The molecule has 0 spiro atoms. The summed E-state index contributed by atoms with van der Waals surface area (Å²) in [4.78, 5) is 22.3. The Bertz CT molecular complexity index is 1130. The van der Waals surface area contributed by atoms with Gasteiger partial charge in [-0.15, -0.1) is 0 Å². The number of benzene rings is 2. The van der Waals surface area contributed by atoms with E-state index >= 15 is 0 Å². The van der Waals surface area contributed by atoms with Crippen molar-refractivity contribution in [2.45, 2.75) is 25.4 Å². The molecule has 9 heteroatoms. The van der Waals surface area contributed by atoms with E-state index in [9.17, 15) is 9.90 Å². The van der Waals surface area contributed by atoms with Crippen molar-refractivity contribution in [3.8, 4) is 17.1 Å². The minimum Gasteiger partial charge on any atom is -0.507 e. The van der Waals surface area contributed by atoms with Crippen molar-refractivity contribution in [3.05, 3.63) is 53.7 Å². The Balaban J connectivity index is 1.88. The van der Waals surface area contributed by atoms with Crippen LogP contribution in [0.25, 0.3) is 22.3 Å². The molecule has 1 aromatic heterocycles. The first-order valence-electron chi connectivity index (χ1n) is 10.5. The predicted molar refractivity (Wildman–Crippen MR) is 120 cm³/mol. The highest BCUT2D eigenvalue weighted by Crippen LogP contribution is 2.38. The number of aromatic nitrogens is 2. The van der Waals surface area contributed by atoms with Crippen molar-refractivity contribution in [2.75, 3.05) is 26.9 Å². The third-order valence-electron chi connectivity index (χ3n) is 5.64. The number of nitrogens with one attached hydrogen (secondary N) is 1. The smallest absolute Gasteiger partial charge is 0.426 e. The molecular formula is C23H27N5O4. The van der Waals surface area contributed by atoms with Crippen molar-refractivity contribution >= 4 is 17.0 Å². The van der Waals surface area contributed by atoms with E-state index in [1.54, 1.807) is 18.2 Å². The molecule has 32 heavy (non-hydrogen) atoms. The first-order valence-corrected chi connectivity index (χ1v) is 10.5. The van der Waals surface area contributed by atoms with Gasteiger partial charge in [-0.1, -0.05) is 24.3 Å². The molecule has 1 saturated heterocycles. The van der Waals surface area contributed by atoms with Gasteiger partial charge in [-0.2, -0.15) is 0 Å². The second kappa shape index (κ2) is 9.07. The topological polar surface area (TPSA) is 123 Å². The van der Waals surface area contributed by atoms with Gasteiger partial charge in [-0.05, 0) is 50.1 Å². The fraction of sp³-hybridized carbons (Fsp3) is 0.348. The highest BCUT2D eigenvalue weighted by molar-refractivity contribution is 5.85. The van der Waals surface area contributed by atoms with Crippen molar-refractivity contribution in [1.29, 1.82) is 0 Å². The molecular weight excluding hydrogens is 410 g/mol. The third-order valence-corrected chi connectivity index (χ3v) is 5.64. The Morgan fingerprint density at radius 2 is 2.06 bits per heavy atom. The molecule has 3 aromatic rings. The fourth-order valence-electron chi connectivity index (χ4n) is 4.03. The Kier molecular flexibility index (Phi) is 6.22. The number of hydrogen-bond donors (Lipinski definition) is 3. The number of nitrogens with two attached hydrogens (primary N) is 1. The summed E-state index contributed by atoms with van der Waals surface area (Å²) >= 11 is 0. The van der Waals surface area contributed by atoms with Gasteiger partial charge in [0.15, 0.2) is 11.5 Å². The summed E-state index contributed by atoms with van der Waals surface area (Å²) < 4.78 is 10.2. The molecule has 1 aliphatic heterocycles. The quantitative estimate of drug-likeness (QED) is 0.233. The normalized spacial score (nSPS) is 18.1. The van der Waals surface area contributed by atoms with Crippen LogP contribution in [-0.2, 0) is 15.1 Å². The molecule has 168 valence electrons. The summed E-state index contributed by atoms with van der Waals surface area (Å²) in [6, 6.07) is 12.7. The zero-order valence-electron chi connectivity index (χ0n) is 18.2. The first kappa shape index (κ1) is 21.9. The highest BCUT2D eigenvalue weighted by atomic mass is 16.6. The highest BCUT2D eigenvalue weighted by Gasteiger charge is 2.46. The van der Waals surface area contributed by atoms with Gasteiger partial charge < -0.3 is 14.6 Å². The second-order valence-corrected chi connectivity index (χ2v) is 7.80. The number of ether oxygens (including phenoxy) is 2. The van der Waals surface area contributed by atoms with E-state index in [1.807, 2.05) is 31.2 Å². The van der Waals surface area contributed by atoms with E-state index in [4.69, 9.17) is 25.3 Å². The summed E-state index contributed by atoms with van der Waals surface area (Å²) in [6.45, 7) is 2.99. The average molecular weight is 438 g/mol. The van der Waals surface area contributed by atoms with Gasteiger partial charge in [-0.25, -0.2) is 25.6 Å². The van der Waals surface area contributed by atoms with E-state index in [1.165, 1.54) is 7.11 Å². The van der Waals surface area contributed by atoms with E-state index in [0.29, 0.717) is 35.6 Å². The molecule has 1 aliphatic rings. The lowest BCUT2D eigenvalue weighted by Gasteiger charge is -2.37. The number of phenolic OH excluding ortho intramolecular Hbond substituents is 1. The van der Waals surface area contributed by atoms with Crippen LogP contribution in [0.4, 0.5) is 4.79 Å². The monoisotopic (exact) mass is 437 g/mol. The van der Waals surface area contributed by atoms with Gasteiger partial charge in [0, 0.05) is 12.5 Å². The SMILES string of the molecule is COCCOC(=O)N(N)[C@@]1(c2nc(-c3ccccc3O)nc3cc(C)ccc23)CCCN1. The number of hydrazine groups is 1. The Morgan fingerprint density at radius 3 is 2.78 bits per heavy atom. The van der Waals surface area contributed by atoms with Gasteiger partial charge in [-0.3, -0.25) is 5.32 Å². The lowest BCUT2D eigenvalue weighted by Crippen LogP contribution is -2.59. The van der Waals surface area contributed by atoms with Crippen LogP contribution in [-0.4, -0.2) is 53.0 Å². The number of carbonyl (C=O) groups is 1. The Hall–Kier alpha value is -3.27. The van der Waals surface area contributed by atoms with Gasteiger partial charge in [0.25, 0.3) is 0 Å². The molecule has 2 heterocycles. The van der Waals surface area contributed by atoms with E-state index in [0.717, 1.165) is 22.4 Å². The van der Waals surface area contributed by atoms with E-state index in [2.05, 4.69) is 5.32 Å². The molecule has 0 radical (unpaired) electrons. The van der Waals surface area contributed by atoms with Crippen LogP contribution in [0.15, 0.2) is 42.5 Å². The maximum atomic E-state index is 12.8. The molecule has 1 atom stereocenters. The van der Waals surface area contributed by atoms with Crippen molar-refractivity contribution in [1.82, 2.24) is 20.3 Å². The van der Waals surface area contributed by atoms with Crippen LogP contribution in [0.1, 0.15) is 24.1 Å². The number of carbonyl (C=O) groups excluding carboxylic acids is 1. The predicted octanol–water partition coefficient (Wildman–Crippen LogP) is 2.81. The molecule has 9 nitrogen and oxygen atoms in total. The molecule has 4 N–H and O–H groups in total. The van der Waals surface area contributed by atoms with Crippen molar-refractivity contribution in [2.24, 2.45) is 5.84 Å². The lowest BCUT2D eigenvalue weighted by molar-refractivity contribution is 0.0244. The molecule has 0 saturated carbocycles. The number of nitrogens with zero attached hydrogens (tertiary/aromatic N) is 3. The number of fused-ring (bicyclic) bond motifs is 1. The van der Waals surface area contributed by atoms with Crippen LogP contribution < -0.4 is 11.2 Å². The summed E-state index contributed by atoms with van der Waals surface area (Å²) in [5.74, 6) is 6.78. The van der Waals surface area contributed by atoms with Gasteiger partial charge >= 0.3 is 6.09 Å². The third kappa shape index (κ3) is 3.97. The molecule has 0 bridgehead atoms. The number of phenols is 1. The van der Waals surface area contributed by atoms with Crippen LogP contribution in [0, 0.1) is 6.92 Å². The molecule has 0 unspecified atom stereocenters. The second-order valence-electron chi connectivity index (χ2n) is 7.80. The van der Waals surface area contributed by atoms with Crippen LogP contribution in [0.3, 0.4) is 0 Å². The van der Waals surface area contributed by atoms with Gasteiger partial charge in [0.2, 0.25) is 0 Å². The molecule has 2 aromatic carbocycles. The van der Waals surface area contributed by atoms with Crippen molar-refractivity contribution < 1.29 is 19.4 Å². The molecule has 1 amide bonds. The molecule has 1 fully saturated rings. The molecule has 0 aliphatic carbocycles. The number of aryl methyl sites for hydroxylation is 1. The zero-order chi connectivity index (χ0) is 22.7. The summed E-state index contributed by atoms with van der Waals surface area (Å²) in [5, 5.41) is 15.6. The van der Waals surface area contributed by atoms with Crippen LogP contribution >= 0.6 is 0 Å². The summed E-state index contributed by atoms with van der Waals surface area (Å²) in [6.07, 6.45) is 0.658. The fourth-order valence-corrected chi connectivity index (χ4v) is 4.03. The maximum Gasteiger partial charge on any atom is 0.426 e. The number of para-hydroxylation sites is 1. The lowest BCUT2D eigenvalue weighted by atomic mass is 9.97. The van der Waals surface area contributed by atoms with E-state index < -0.39 is 11.8 Å².